The van der Waals surface area contributed by atoms with E-state index in [2.05, 4.69) is 34.4 Å². The predicted octanol–water partition coefficient (Wildman–Crippen LogP) is 1.28. The lowest BCUT2D eigenvalue weighted by molar-refractivity contribution is -0.129. The fourth-order valence-corrected chi connectivity index (χ4v) is 3.69. The maximum Gasteiger partial charge on any atom is 0.222 e. The summed E-state index contributed by atoms with van der Waals surface area (Å²) in [5, 5.41) is 6.97. The van der Waals surface area contributed by atoms with E-state index in [0.717, 1.165) is 32.0 Å². The van der Waals surface area contributed by atoms with Crippen molar-refractivity contribution >= 4 is 11.9 Å². The molecule has 2 heterocycles. The van der Waals surface area contributed by atoms with Crippen LogP contribution in [0, 0.1) is 5.92 Å². The zero-order valence-corrected chi connectivity index (χ0v) is 15.8. The van der Waals surface area contributed by atoms with Gasteiger partial charge >= 0.3 is 0 Å². The molecule has 2 aliphatic rings. The molecule has 2 saturated heterocycles. The number of hydrogen-bond donors (Lipinski definition) is 2. The molecule has 6 heteroatoms. The van der Waals surface area contributed by atoms with Gasteiger partial charge in [-0.25, -0.2) is 0 Å². The number of carbonyl (C=O) groups is 1. The van der Waals surface area contributed by atoms with E-state index in [4.69, 9.17) is 0 Å². The van der Waals surface area contributed by atoms with Gasteiger partial charge in [-0.2, -0.15) is 0 Å². The maximum atomic E-state index is 11.8. The van der Waals surface area contributed by atoms with E-state index >= 15 is 0 Å². The highest BCUT2D eigenvalue weighted by Crippen LogP contribution is 2.17. The Bertz CT molecular complexity index is 437. The molecule has 2 unspecified atom stereocenters. The predicted molar refractivity (Wildman–Crippen MR) is 99.2 cm³/mol. The third-order valence-corrected chi connectivity index (χ3v) is 5.25. The lowest BCUT2D eigenvalue weighted by atomic mass is 9.97. The summed E-state index contributed by atoms with van der Waals surface area (Å²) in [6, 6.07) is 0.941. The molecule has 1 amide bonds. The average Bonchev–Trinajstić information content (AvgIpc) is 3.06. The first kappa shape index (κ1) is 19.0. The van der Waals surface area contributed by atoms with Gasteiger partial charge < -0.3 is 20.4 Å². The highest BCUT2D eigenvalue weighted by atomic mass is 16.2. The maximum absolute atomic E-state index is 11.8. The van der Waals surface area contributed by atoms with Crippen LogP contribution in [0.15, 0.2) is 4.99 Å². The quantitative estimate of drug-likeness (QED) is 0.586. The van der Waals surface area contributed by atoms with Crippen molar-refractivity contribution in [3.05, 3.63) is 0 Å². The van der Waals surface area contributed by atoms with Crippen LogP contribution < -0.4 is 10.6 Å². The van der Waals surface area contributed by atoms with Crippen molar-refractivity contribution in [2.75, 3.05) is 39.8 Å². The zero-order valence-electron chi connectivity index (χ0n) is 15.8. The number of rotatable bonds is 5. The summed E-state index contributed by atoms with van der Waals surface area (Å²) in [6.45, 7) is 11.5. The van der Waals surface area contributed by atoms with Gasteiger partial charge in [-0.3, -0.25) is 9.79 Å². The van der Waals surface area contributed by atoms with Gasteiger partial charge in [0, 0.05) is 51.7 Å². The van der Waals surface area contributed by atoms with Gasteiger partial charge in [-0.15, -0.1) is 0 Å². The number of nitrogens with one attached hydrogen (secondary N) is 2. The van der Waals surface area contributed by atoms with E-state index in [1.165, 1.54) is 25.9 Å². The summed E-state index contributed by atoms with van der Waals surface area (Å²) in [6.07, 6.45) is 4.16. The molecule has 2 fully saturated rings. The van der Waals surface area contributed by atoms with Crippen LogP contribution in [0.5, 0.6) is 0 Å². The number of carbonyl (C=O) groups excluding carboxylic acids is 1. The Balaban J connectivity index is 1.74. The normalized spacial score (nSPS) is 26.0. The third kappa shape index (κ3) is 5.36. The van der Waals surface area contributed by atoms with E-state index in [1.54, 1.807) is 0 Å². The fraction of sp³-hybridized carbons (Fsp3) is 0.889. The largest absolute Gasteiger partial charge is 0.356 e. The van der Waals surface area contributed by atoms with E-state index in [1.807, 2.05) is 18.9 Å². The second kappa shape index (κ2) is 9.25. The smallest absolute Gasteiger partial charge is 0.222 e. The molecule has 2 N–H and O–H groups in total. The van der Waals surface area contributed by atoms with Gasteiger partial charge in [-0.05, 0) is 45.6 Å². The van der Waals surface area contributed by atoms with E-state index in [0.29, 0.717) is 24.4 Å². The van der Waals surface area contributed by atoms with Crippen LogP contribution in [0.2, 0.25) is 0 Å². The minimum absolute atomic E-state index is 0.248. The number of nitrogens with zero attached hydrogens (tertiary/aromatic N) is 3. The van der Waals surface area contributed by atoms with Crippen molar-refractivity contribution in [2.24, 2.45) is 10.9 Å². The molecule has 2 atom stereocenters. The van der Waals surface area contributed by atoms with Crippen molar-refractivity contribution in [2.45, 2.75) is 58.5 Å². The molecule has 0 aromatic heterocycles. The lowest BCUT2D eigenvalue weighted by Crippen LogP contribution is -2.48. The van der Waals surface area contributed by atoms with Gasteiger partial charge in [0.25, 0.3) is 0 Å². The number of aliphatic imine (C=N–C) groups is 1. The first-order valence-electron chi connectivity index (χ1n) is 9.52. The summed E-state index contributed by atoms with van der Waals surface area (Å²) in [5.74, 6) is 1.80. The second-order valence-electron chi connectivity index (χ2n) is 7.37. The average molecular weight is 338 g/mol. The van der Waals surface area contributed by atoms with Gasteiger partial charge in [0.05, 0.1) is 0 Å². The van der Waals surface area contributed by atoms with Gasteiger partial charge in [-0.1, -0.05) is 6.92 Å². The summed E-state index contributed by atoms with van der Waals surface area (Å²) < 4.78 is 0. The molecule has 6 nitrogen and oxygen atoms in total. The molecule has 0 aromatic carbocycles. The second-order valence-corrected chi connectivity index (χ2v) is 7.37. The number of guanidine groups is 1. The summed E-state index contributed by atoms with van der Waals surface area (Å²) in [5.41, 5.74) is 0. The molecule has 138 valence electrons. The monoisotopic (exact) mass is 337 g/mol. The highest BCUT2D eigenvalue weighted by molar-refractivity contribution is 5.80. The third-order valence-electron chi connectivity index (χ3n) is 5.25. The van der Waals surface area contributed by atoms with Crippen LogP contribution >= 0.6 is 0 Å². The molecule has 0 saturated carbocycles. The minimum atomic E-state index is 0.248. The van der Waals surface area contributed by atoms with E-state index in [9.17, 15) is 4.79 Å². The van der Waals surface area contributed by atoms with Crippen molar-refractivity contribution in [1.82, 2.24) is 20.4 Å². The fourth-order valence-electron chi connectivity index (χ4n) is 3.69. The first-order valence-corrected chi connectivity index (χ1v) is 9.52. The lowest BCUT2D eigenvalue weighted by Gasteiger charge is -2.35. The number of hydrogen-bond acceptors (Lipinski definition) is 3. The summed E-state index contributed by atoms with van der Waals surface area (Å²) in [7, 11) is 1.82. The number of likely N-dealkylation sites (tertiary alicyclic amines) is 2. The molecule has 0 spiro atoms. The molecular weight excluding hydrogens is 302 g/mol. The molecule has 0 bridgehead atoms. The van der Waals surface area contributed by atoms with Gasteiger partial charge in [0.1, 0.15) is 0 Å². The van der Waals surface area contributed by atoms with Gasteiger partial charge in [0.2, 0.25) is 5.91 Å². The molecule has 0 aliphatic carbocycles. The van der Waals surface area contributed by atoms with Crippen LogP contribution in [0.25, 0.3) is 0 Å². The number of piperidine rings is 1. The Labute approximate surface area is 147 Å². The highest BCUT2D eigenvalue weighted by Gasteiger charge is 2.26. The van der Waals surface area contributed by atoms with Crippen LogP contribution in [0.3, 0.4) is 0 Å². The van der Waals surface area contributed by atoms with Crippen LogP contribution in [0.4, 0.5) is 0 Å². The molecular formula is C18H35N5O. The Morgan fingerprint density at radius 2 is 2.04 bits per heavy atom. The standard InChI is InChI=1S/C18H35N5O/c1-5-17(24)23-10-8-16(13-23)21-18(19-4)20-11-15-7-6-9-22(12-15)14(2)3/h14-16H,5-13H2,1-4H3,(H2,19,20,21). The topological polar surface area (TPSA) is 60.0 Å². The molecule has 0 aromatic rings. The Kier molecular flexibility index (Phi) is 7.34. The SMILES string of the molecule is CCC(=O)N1CCC(NC(=NC)NCC2CCCN(C(C)C)C2)C1. The first-order chi connectivity index (χ1) is 11.5. The molecule has 0 radical (unpaired) electrons. The van der Waals surface area contributed by atoms with E-state index in [-0.39, 0.29) is 5.91 Å². The number of amides is 1. The van der Waals surface area contributed by atoms with Crippen molar-refractivity contribution in [3.8, 4) is 0 Å². The van der Waals surface area contributed by atoms with E-state index < -0.39 is 0 Å². The summed E-state index contributed by atoms with van der Waals surface area (Å²) in [4.78, 5) is 20.7. The Hall–Kier alpha value is -1.30. The zero-order chi connectivity index (χ0) is 17.5. The van der Waals surface area contributed by atoms with Crippen molar-refractivity contribution in [3.63, 3.8) is 0 Å². The van der Waals surface area contributed by atoms with Crippen LogP contribution in [0.1, 0.15) is 46.5 Å². The van der Waals surface area contributed by atoms with Crippen molar-refractivity contribution < 1.29 is 4.79 Å². The molecule has 2 aliphatic heterocycles. The minimum Gasteiger partial charge on any atom is -0.356 e. The Morgan fingerprint density at radius 3 is 2.71 bits per heavy atom. The molecule has 24 heavy (non-hydrogen) atoms. The van der Waals surface area contributed by atoms with Crippen LogP contribution in [-0.4, -0.2) is 73.5 Å². The summed E-state index contributed by atoms with van der Waals surface area (Å²) >= 11 is 0. The van der Waals surface area contributed by atoms with Gasteiger partial charge in [0.15, 0.2) is 5.96 Å². The molecule has 2 rings (SSSR count). The Morgan fingerprint density at radius 1 is 1.25 bits per heavy atom. The van der Waals surface area contributed by atoms with Crippen molar-refractivity contribution in [1.29, 1.82) is 0 Å². The van der Waals surface area contributed by atoms with Crippen LogP contribution in [-0.2, 0) is 4.79 Å².